The lowest BCUT2D eigenvalue weighted by atomic mass is 10.2. The van der Waals surface area contributed by atoms with E-state index in [1.165, 1.54) is 5.56 Å². The molecule has 0 spiro atoms. The minimum atomic E-state index is -0.316. The molecule has 1 N–H and O–H groups in total. The van der Waals surface area contributed by atoms with Gasteiger partial charge in [0.15, 0.2) is 0 Å². The highest BCUT2D eigenvalue weighted by Crippen LogP contribution is 2.32. The summed E-state index contributed by atoms with van der Waals surface area (Å²) >= 11 is 6.09. The number of benzene rings is 2. The molecule has 0 bridgehead atoms. The molecule has 0 saturated carbocycles. The van der Waals surface area contributed by atoms with Crippen LogP contribution in [-0.4, -0.2) is 22.4 Å². The number of carbonyl (C=O) groups is 1. The van der Waals surface area contributed by atoms with Gasteiger partial charge in [-0.2, -0.15) is 0 Å². The molecule has 0 saturated heterocycles. The molecule has 124 valence electrons. The number of rotatable bonds is 3. The van der Waals surface area contributed by atoms with E-state index in [0.717, 1.165) is 18.7 Å². The maximum absolute atomic E-state index is 12.5. The quantitative estimate of drug-likeness (QED) is 0.773. The Morgan fingerprint density at radius 1 is 1.08 bits per heavy atom. The summed E-state index contributed by atoms with van der Waals surface area (Å²) < 4.78 is 0. The zero-order valence-corrected chi connectivity index (χ0v) is 14.1. The van der Waals surface area contributed by atoms with Gasteiger partial charge in [0.25, 0.3) is 5.91 Å². The fraction of sp³-hybridized carbons (Fsp3) is 0.105. The van der Waals surface area contributed by atoms with Crippen LogP contribution >= 0.6 is 11.6 Å². The number of anilines is 3. The van der Waals surface area contributed by atoms with Crippen LogP contribution in [0.2, 0.25) is 5.02 Å². The molecule has 0 unspecified atom stereocenters. The standard InChI is InChI=1S/C19H15ClN4O/c20-14-6-2-3-7-15(14)22-18(25)16-9-11-21-19(23-16)24-12-10-13-5-1-4-8-17(13)24/h1-9,11H,10,12H2,(H,22,25). The Kier molecular flexibility index (Phi) is 4.07. The van der Waals surface area contributed by atoms with Crippen LogP contribution < -0.4 is 10.2 Å². The molecule has 0 radical (unpaired) electrons. The van der Waals surface area contributed by atoms with Crippen molar-refractivity contribution in [1.82, 2.24) is 9.97 Å². The van der Waals surface area contributed by atoms with Gasteiger partial charge < -0.3 is 10.2 Å². The Hall–Kier alpha value is -2.92. The normalized spacial score (nSPS) is 12.8. The summed E-state index contributed by atoms with van der Waals surface area (Å²) in [5.74, 6) is 0.209. The first-order chi connectivity index (χ1) is 12.2. The second-order valence-electron chi connectivity index (χ2n) is 5.71. The number of hydrogen-bond donors (Lipinski definition) is 1. The number of carbonyl (C=O) groups excluding carboxylic acids is 1. The summed E-state index contributed by atoms with van der Waals surface area (Å²) in [7, 11) is 0. The van der Waals surface area contributed by atoms with Crippen LogP contribution in [0.5, 0.6) is 0 Å². The number of aromatic nitrogens is 2. The van der Waals surface area contributed by atoms with Crippen molar-refractivity contribution in [3.05, 3.63) is 77.1 Å². The summed E-state index contributed by atoms with van der Waals surface area (Å²) in [4.78, 5) is 23.3. The molecule has 5 nitrogen and oxygen atoms in total. The van der Waals surface area contributed by atoms with Crippen molar-refractivity contribution < 1.29 is 4.79 Å². The lowest BCUT2D eigenvalue weighted by molar-refractivity contribution is 0.102. The molecule has 25 heavy (non-hydrogen) atoms. The number of para-hydroxylation sites is 2. The lowest BCUT2D eigenvalue weighted by Crippen LogP contribution is -2.20. The number of nitrogens with one attached hydrogen (secondary N) is 1. The van der Waals surface area contributed by atoms with Crippen LogP contribution in [-0.2, 0) is 6.42 Å². The highest BCUT2D eigenvalue weighted by atomic mass is 35.5. The van der Waals surface area contributed by atoms with Crippen molar-refractivity contribution in [2.45, 2.75) is 6.42 Å². The van der Waals surface area contributed by atoms with Crippen molar-refractivity contribution in [1.29, 1.82) is 0 Å². The fourth-order valence-corrected chi connectivity index (χ4v) is 3.08. The van der Waals surface area contributed by atoms with E-state index in [1.54, 1.807) is 24.4 Å². The van der Waals surface area contributed by atoms with Crippen LogP contribution in [0.1, 0.15) is 16.1 Å². The number of hydrogen-bond acceptors (Lipinski definition) is 4. The summed E-state index contributed by atoms with van der Waals surface area (Å²) in [5, 5.41) is 3.27. The Labute approximate surface area is 150 Å². The molecule has 4 rings (SSSR count). The number of halogens is 1. The van der Waals surface area contributed by atoms with Crippen LogP contribution in [0, 0.1) is 0 Å². The molecule has 1 aromatic heterocycles. The highest BCUT2D eigenvalue weighted by molar-refractivity contribution is 6.33. The van der Waals surface area contributed by atoms with Gasteiger partial charge in [-0.1, -0.05) is 41.9 Å². The van der Waals surface area contributed by atoms with Crippen molar-refractivity contribution in [2.24, 2.45) is 0 Å². The fourth-order valence-electron chi connectivity index (χ4n) is 2.90. The second-order valence-corrected chi connectivity index (χ2v) is 6.11. The van der Waals surface area contributed by atoms with Gasteiger partial charge in [0.1, 0.15) is 5.69 Å². The van der Waals surface area contributed by atoms with E-state index >= 15 is 0 Å². The molecule has 3 aromatic rings. The van der Waals surface area contributed by atoms with E-state index in [9.17, 15) is 4.79 Å². The van der Waals surface area contributed by atoms with Gasteiger partial charge in [-0.05, 0) is 36.2 Å². The first kappa shape index (κ1) is 15.6. The predicted molar refractivity (Wildman–Crippen MR) is 98.6 cm³/mol. The Balaban J connectivity index is 1.60. The molecule has 2 aromatic carbocycles. The average Bonchev–Trinajstić information content (AvgIpc) is 3.08. The molecule has 6 heteroatoms. The molecule has 2 heterocycles. The van der Waals surface area contributed by atoms with Crippen molar-refractivity contribution >= 4 is 34.8 Å². The number of nitrogens with zero attached hydrogens (tertiary/aromatic N) is 3. The van der Waals surface area contributed by atoms with E-state index in [0.29, 0.717) is 22.4 Å². The Morgan fingerprint density at radius 2 is 1.88 bits per heavy atom. The third-order valence-corrected chi connectivity index (χ3v) is 4.46. The predicted octanol–water partition coefficient (Wildman–Crippen LogP) is 4.08. The van der Waals surface area contributed by atoms with E-state index in [1.807, 2.05) is 35.2 Å². The van der Waals surface area contributed by atoms with Crippen LogP contribution in [0.15, 0.2) is 60.8 Å². The van der Waals surface area contributed by atoms with Crippen LogP contribution in [0.25, 0.3) is 0 Å². The monoisotopic (exact) mass is 350 g/mol. The third kappa shape index (κ3) is 3.06. The minimum Gasteiger partial charge on any atom is -0.319 e. The minimum absolute atomic E-state index is 0.300. The molecule has 1 aliphatic heterocycles. The lowest BCUT2D eigenvalue weighted by Gasteiger charge is -2.17. The Morgan fingerprint density at radius 3 is 2.76 bits per heavy atom. The SMILES string of the molecule is O=C(Nc1ccccc1Cl)c1ccnc(N2CCc3ccccc32)n1. The maximum atomic E-state index is 12.5. The van der Waals surface area contributed by atoms with Gasteiger partial charge in [0, 0.05) is 18.4 Å². The summed E-state index contributed by atoms with van der Waals surface area (Å²) in [6.45, 7) is 0.801. The van der Waals surface area contributed by atoms with Gasteiger partial charge >= 0.3 is 0 Å². The van der Waals surface area contributed by atoms with Gasteiger partial charge in [-0.15, -0.1) is 0 Å². The van der Waals surface area contributed by atoms with E-state index in [2.05, 4.69) is 21.4 Å². The second kappa shape index (κ2) is 6.53. The molecular weight excluding hydrogens is 336 g/mol. The van der Waals surface area contributed by atoms with E-state index < -0.39 is 0 Å². The molecule has 0 atom stereocenters. The molecule has 1 amide bonds. The van der Waals surface area contributed by atoms with E-state index in [-0.39, 0.29) is 5.91 Å². The summed E-state index contributed by atoms with van der Waals surface area (Å²) in [6.07, 6.45) is 2.54. The Bertz CT molecular complexity index is 944. The highest BCUT2D eigenvalue weighted by Gasteiger charge is 2.22. The van der Waals surface area contributed by atoms with Gasteiger partial charge in [-0.25, -0.2) is 9.97 Å². The van der Waals surface area contributed by atoms with Gasteiger partial charge in [-0.3, -0.25) is 4.79 Å². The first-order valence-corrected chi connectivity index (χ1v) is 8.34. The zero-order valence-electron chi connectivity index (χ0n) is 13.3. The number of amides is 1. The smallest absolute Gasteiger partial charge is 0.274 e. The van der Waals surface area contributed by atoms with Crippen molar-refractivity contribution in [3.63, 3.8) is 0 Å². The maximum Gasteiger partial charge on any atom is 0.274 e. The summed E-state index contributed by atoms with van der Waals surface area (Å²) in [6, 6.07) is 16.9. The van der Waals surface area contributed by atoms with Crippen LogP contribution in [0.3, 0.4) is 0 Å². The molecule has 1 aliphatic rings. The van der Waals surface area contributed by atoms with Crippen molar-refractivity contribution in [3.8, 4) is 0 Å². The molecule has 0 fully saturated rings. The van der Waals surface area contributed by atoms with Gasteiger partial charge in [0.2, 0.25) is 5.95 Å². The average molecular weight is 351 g/mol. The van der Waals surface area contributed by atoms with Crippen molar-refractivity contribution in [2.75, 3.05) is 16.8 Å². The first-order valence-electron chi connectivity index (χ1n) is 7.97. The van der Waals surface area contributed by atoms with Crippen LogP contribution in [0.4, 0.5) is 17.3 Å². The number of fused-ring (bicyclic) bond motifs is 1. The third-order valence-electron chi connectivity index (χ3n) is 4.13. The van der Waals surface area contributed by atoms with Gasteiger partial charge in [0.05, 0.1) is 10.7 Å². The summed E-state index contributed by atoms with van der Waals surface area (Å²) in [5.41, 5.74) is 3.21. The zero-order chi connectivity index (χ0) is 17.2. The molecular formula is C19H15ClN4O. The topological polar surface area (TPSA) is 58.1 Å². The van der Waals surface area contributed by atoms with E-state index in [4.69, 9.17) is 11.6 Å². The molecule has 0 aliphatic carbocycles. The largest absolute Gasteiger partial charge is 0.319 e.